The van der Waals surface area contributed by atoms with Crippen LogP contribution in [0.3, 0.4) is 0 Å². The van der Waals surface area contributed by atoms with Crippen LogP contribution >= 0.6 is 11.3 Å². The van der Waals surface area contributed by atoms with Crippen molar-refractivity contribution in [3.05, 3.63) is 57.2 Å². The van der Waals surface area contributed by atoms with Crippen LogP contribution in [0.1, 0.15) is 10.7 Å². The van der Waals surface area contributed by atoms with Crippen LogP contribution in [0.5, 0.6) is 5.75 Å². The summed E-state index contributed by atoms with van der Waals surface area (Å²) >= 11 is 1.38. The van der Waals surface area contributed by atoms with Gasteiger partial charge in [0.25, 0.3) is 5.56 Å². The zero-order chi connectivity index (χ0) is 17.1. The van der Waals surface area contributed by atoms with Crippen molar-refractivity contribution in [1.82, 2.24) is 19.5 Å². The third-order valence-corrected chi connectivity index (χ3v) is 4.28. The average molecular weight is 348 g/mol. The third kappa shape index (κ3) is 3.77. The predicted octanol–water partition coefficient (Wildman–Crippen LogP) is 2.11. The maximum atomic E-state index is 13.5. The number of aryl methyl sites for hydroxylation is 1. The van der Waals surface area contributed by atoms with Gasteiger partial charge in [-0.1, -0.05) is 23.5 Å². The van der Waals surface area contributed by atoms with Crippen molar-refractivity contribution in [2.45, 2.75) is 13.5 Å². The van der Waals surface area contributed by atoms with E-state index in [1.165, 1.54) is 28.0 Å². The molecule has 0 aliphatic rings. The number of hydrogen-bond acceptors (Lipinski definition) is 6. The van der Waals surface area contributed by atoms with Crippen LogP contribution in [0.2, 0.25) is 0 Å². The van der Waals surface area contributed by atoms with Crippen molar-refractivity contribution in [2.24, 2.45) is 0 Å². The molecule has 0 saturated heterocycles. The van der Waals surface area contributed by atoms with Gasteiger partial charge in [0, 0.05) is 18.3 Å². The van der Waals surface area contributed by atoms with Gasteiger partial charge >= 0.3 is 0 Å². The molecule has 0 bridgehead atoms. The molecule has 0 atom stereocenters. The number of para-hydroxylation sites is 1. The molecule has 126 valence electrons. The van der Waals surface area contributed by atoms with E-state index in [1.807, 2.05) is 11.9 Å². The van der Waals surface area contributed by atoms with Crippen LogP contribution in [-0.4, -0.2) is 39.7 Å². The molecule has 0 unspecified atom stereocenters. The number of ether oxygens (including phenoxy) is 1. The van der Waals surface area contributed by atoms with Crippen molar-refractivity contribution < 1.29 is 9.13 Å². The van der Waals surface area contributed by atoms with E-state index < -0.39 is 0 Å². The lowest BCUT2D eigenvalue weighted by Gasteiger charge is -2.15. The highest BCUT2D eigenvalue weighted by molar-refractivity contribution is 7.16. The second-order valence-electron chi connectivity index (χ2n) is 5.44. The largest absolute Gasteiger partial charge is 0.489 e. The molecule has 8 heteroatoms. The first-order valence-electron chi connectivity index (χ1n) is 7.45. The number of likely N-dealkylation sites (N-methyl/N-ethyl adjacent to an activating group) is 1. The zero-order valence-corrected chi connectivity index (χ0v) is 14.2. The number of halogens is 1. The summed E-state index contributed by atoms with van der Waals surface area (Å²) in [6, 6.07) is 7.79. The summed E-state index contributed by atoms with van der Waals surface area (Å²) in [6.45, 7) is 3.31. The molecule has 3 aromatic rings. The van der Waals surface area contributed by atoms with E-state index in [1.54, 1.807) is 25.1 Å². The van der Waals surface area contributed by atoms with Crippen molar-refractivity contribution in [3.8, 4) is 5.75 Å². The van der Waals surface area contributed by atoms with Gasteiger partial charge in [0.15, 0.2) is 11.6 Å². The minimum atomic E-state index is -0.368. The minimum absolute atomic E-state index is 0.175. The Morgan fingerprint density at radius 2 is 2.17 bits per heavy atom. The molecular weight excluding hydrogens is 331 g/mol. The Kier molecular flexibility index (Phi) is 4.86. The maximum absolute atomic E-state index is 13.5. The molecule has 1 aromatic carbocycles. The lowest BCUT2D eigenvalue weighted by molar-refractivity contribution is 0.226. The minimum Gasteiger partial charge on any atom is -0.489 e. The molecule has 0 N–H and O–H groups in total. The summed E-state index contributed by atoms with van der Waals surface area (Å²) in [5.74, 6) is -0.121. The fourth-order valence-electron chi connectivity index (χ4n) is 2.21. The van der Waals surface area contributed by atoms with E-state index in [0.29, 0.717) is 30.4 Å². The fourth-order valence-corrected chi connectivity index (χ4v) is 3.23. The fraction of sp³-hybridized carbons (Fsp3) is 0.312. The highest BCUT2D eigenvalue weighted by Gasteiger charge is 2.10. The Morgan fingerprint density at radius 1 is 1.38 bits per heavy atom. The van der Waals surface area contributed by atoms with E-state index in [9.17, 15) is 9.18 Å². The van der Waals surface area contributed by atoms with Gasteiger partial charge < -0.3 is 4.74 Å². The number of hydrogen-bond donors (Lipinski definition) is 0. The van der Waals surface area contributed by atoms with Crippen LogP contribution < -0.4 is 10.3 Å². The predicted molar refractivity (Wildman–Crippen MR) is 90.1 cm³/mol. The summed E-state index contributed by atoms with van der Waals surface area (Å²) in [5.41, 5.74) is 0.507. The Bertz CT molecular complexity index is 908. The molecular formula is C16H17FN4O2S. The summed E-state index contributed by atoms with van der Waals surface area (Å²) < 4.78 is 20.2. The average Bonchev–Trinajstić information content (AvgIpc) is 2.91. The van der Waals surface area contributed by atoms with Crippen molar-refractivity contribution in [1.29, 1.82) is 0 Å². The van der Waals surface area contributed by atoms with Crippen molar-refractivity contribution >= 4 is 16.3 Å². The van der Waals surface area contributed by atoms with Gasteiger partial charge in [-0.25, -0.2) is 9.37 Å². The first-order chi connectivity index (χ1) is 11.5. The maximum Gasteiger partial charge on any atom is 0.275 e. The van der Waals surface area contributed by atoms with Crippen LogP contribution in [0, 0.1) is 12.7 Å². The molecule has 0 saturated carbocycles. The summed E-state index contributed by atoms with van der Waals surface area (Å²) in [7, 11) is 1.91. The van der Waals surface area contributed by atoms with Gasteiger partial charge in [-0.05, 0) is 26.1 Å². The van der Waals surface area contributed by atoms with Gasteiger partial charge in [-0.2, -0.15) is 9.61 Å². The highest BCUT2D eigenvalue weighted by atomic mass is 32.1. The third-order valence-electron chi connectivity index (χ3n) is 3.39. The topological polar surface area (TPSA) is 59.7 Å². The van der Waals surface area contributed by atoms with E-state index in [0.717, 1.165) is 5.01 Å². The van der Waals surface area contributed by atoms with Crippen LogP contribution in [0.4, 0.5) is 4.39 Å². The smallest absolute Gasteiger partial charge is 0.275 e. The number of fused-ring (bicyclic) bond motifs is 1. The van der Waals surface area contributed by atoms with E-state index in [-0.39, 0.29) is 17.1 Å². The molecule has 2 aromatic heterocycles. The molecule has 0 spiro atoms. The number of aromatic nitrogens is 3. The zero-order valence-electron chi connectivity index (χ0n) is 13.4. The molecule has 0 amide bonds. The molecule has 0 aliphatic heterocycles. The normalized spacial score (nSPS) is 11.3. The molecule has 6 nitrogen and oxygen atoms in total. The SMILES string of the molecule is Cc1cc(=O)n2nc(CN(C)CCOc3ccccc3F)sc2n1. The molecule has 0 radical (unpaired) electrons. The molecule has 3 rings (SSSR count). The molecule has 0 fully saturated rings. The van der Waals surface area contributed by atoms with E-state index in [2.05, 4.69) is 10.1 Å². The Balaban J connectivity index is 1.59. The summed E-state index contributed by atoms with van der Waals surface area (Å²) in [5, 5.41) is 5.08. The van der Waals surface area contributed by atoms with Crippen LogP contribution in [0.15, 0.2) is 35.1 Å². The lowest BCUT2D eigenvalue weighted by atomic mass is 10.3. The molecule has 2 heterocycles. The molecule has 0 aliphatic carbocycles. The summed E-state index contributed by atoms with van der Waals surface area (Å²) in [6.07, 6.45) is 0. The van der Waals surface area contributed by atoms with Crippen LogP contribution in [0.25, 0.3) is 4.96 Å². The lowest BCUT2D eigenvalue weighted by Crippen LogP contribution is -2.24. The van der Waals surface area contributed by atoms with E-state index in [4.69, 9.17) is 4.74 Å². The quantitative estimate of drug-likeness (QED) is 0.683. The Hall–Kier alpha value is -2.32. The monoisotopic (exact) mass is 348 g/mol. The number of rotatable bonds is 6. The van der Waals surface area contributed by atoms with Gasteiger partial charge in [0.05, 0.1) is 6.54 Å². The van der Waals surface area contributed by atoms with Gasteiger partial charge in [-0.3, -0.25) is 9.69 Å². The number of benzene rings is 1. The van der Waals surface area contributed by atoms with E-state index >= 15 is 0 Å². The highest BCUT2D eigenvalue weighted by Crippen LogP contribution is 2.16. The van der Waals surface area contributed by atoms with Crippen LogP contribution in [-0.2, 0) is 6.54 Å². The first kappa shape index (κ1) is 16.5. The van der Waals surface area contributed by atoms with Crippen molar-refractivity contribution in [3.63, 3.8) is 0 Å². The standard InChI is InChI=1S/C16H17FN4O2S/c1-11-9-15(22)21-16(18-11)24-14(19-21)10-20(2)7-8-23-13-6-4-3-5-12(13)17/h3-6,9H,7-8,10H2,1-2H3. The van der Waals surface area contributed by atoms with Gasteiger partial charge in [0.2, 0.25) is 4.96 Å². The Labute approximate surface area is 142 Å². The second-order valence-corrected chi connectivity index (χ2v) is 6.48. The first-order valence-corrected chi connectivity index (χ1v) is 8.27. The van der Waals surface area contributed by atoms with Gasteiger partial charge in [-0.15, -0.1) is 0 Å². The summed E-state index contributed by atoms with van der Waals surface area (Å²) in [4.78, 5) is 18.8. The number of nitrogens with zero attached hydrogens (tertiary/aromatic N) is 4. The Morgan fingerprint density at radius 3 is 2.96 bits per heavy atom. The second kappa shape index (κ2) is 7.06. The van der Waals surface area contributed by atoms with Gasteiger partial charge in [0.1, 0.15) is 11.6 Å². The molecule has 24 heavy (non-hydrogen) atoms. The van der Waals surface area contributed by atoms with Crippen molar-refractivity contribution in [2.75, 3.05) is 20.2 Å².